The molecular weight excluding hydrogens is 506 g/mol. The molecule has 2 saturated heterocycles. The third kappa shape index (κ3) is 5.40. The van der Waals surface area contributed by atoms with Crippen molar-refractivity contribution in [3.63, 3.8) is 0 Å². The molecule has 12 heteroatoms. The molecule has 2 aliphatic heterocycles. The van der Waals surface area contributed by atoms with Crippen LogP contribution in [0, 0.1) is 0 Å². The van der Waals surface area contributed by atoms with Gasteiger partial charge >= 0.3 is 12.0 Å². The molecular formula is C27H33N5O7. The molecule has 2 aliphatic rings. The third-order valence-corrected chi connectivity index (χ3v) is 7.28. The monoisotopic (exact) mass is 539 g/mol. The number of nitrogens with one attached hydrogen (secondary N) is 2. The normalized spacial score (nSPS) is 17.1. The Morgan fingerprint density at radius 2 is 1.62 bits per heavy atom. The van der Waals surface area contributed by atoms with Crippen LogP contribution in [0.3, 0.4) is 0 Å². The van der Waals surface area contributed by atoms with E-state index in [9.17, 15) is 24.3 Å². The minimum Gasteiger partial charge on any atom is -0.496 e. The number of ether oxygens (including phenoxy) is 2. The zero-order valence-corrected chi connectivity index (χ0v) is 22.2. The summed E-state index contributed by atoms with van der Waals surface area (Å²) in [5.74, 6) is -1.56. The SMILES string of the molecule is COc1cccc(OC)c1C(=O)NC(CNC(=O)N1CCC2(CC1)C(=O)N(C)CN2c1ccccc1)C(=O)O. The highest BCUT2D eigenvalue weighted by atomic mass is 16.5. The Balaban J connectivity index is 1.38. The lowest BCUT2D eigenvalue weighted by Crippen LogP contribution is -2.59. The predicted molar refractivity (Wildman–Crippen MR) is 142 cm³/mol. The first-order chi connectivity index (χ1) is 18.7. The number of piperidine rings is 1. The van der Waals surface area contributed by atoms with Gasteiger partial charge in [-0.1, -0.05) is 24.3 Å². The standard InChI is InChI=1S/C27H33N5O7/c1-30-17-32(18-8-5-4-6-9-18)27(25(30)36)12-14-31(15-13-27)26(37)28-16-19(24(34)35)29-23(33)22-20(38-2)10-7-11-21(22)39-3/h4-11,19H,12-17H2,1-3H3,(H,28,37)(H,29,33)(H,34,35). The van der Waals surface area contributed by atoms with E-state index in [2.05, 4.69) is 15.5 Å². The van der Waals surface area contributed by atoms with Crippen LogP contribution in [0.4, 0.5) is 10.5 Å². The average molecular weight is 540 g/mol. The molecule has 3 N–H and O–H groups in total. The number of likely N-dealkylation sites (N-methyl/N-ethyl adjacent to an activating group) is 1. The summed E-state index contributed by atoms with van der Waals surface area (Å²) in [5, 5.41) is 14.7. The maximum absolute atomic E-state index is 13.2. The summed E-state index contributed by atoms with van der Waals surface area (Å²) < 4.78 is 10.4. The molecule has 2 aromatic carbocycles. The van der Waals surface area contributed by atoms with Crippen molar-refractivity contribution in [3.05, 3.63) is 54.1 Å². The summed E-state index contributed by atoms with van der Waals surface area (Å²) >= 11 is 0. The van der Waals surface area contributed by atoms with Crippen LogP contribution in [-0.2, 0) is 9.59 Å². The molecule has 2 heterocycles. The Morgan fingerprint density at radius 1 is 1.00 bits per heavy atom. The summed E-state index contributed by atoms with van der Waals surface area (Å²) in [7, 11) is 4.55. The van der Waals surface area contributed by atoms with Crippen molar-refractivity contribution in [2.45, 2.75) is 24.4 Å². The Kier molecular flexibility index (Phi) is 8.12. The van der Waals surface area contributed by atoms with Gasteiger partial charge < -0.3 is 39.9 Å². The van der Waals surface area contributed by atoms with E-state index in [1.165, 1.54) is 14.2 Å². The smallest absolute Gasteiger partial charge is 0.328 e. The number of carbonyl (C=O) groups excluding carboxylic acids is 3. The Hall–Kier alpha value is -4.48. The van der Waals surface area contributed by atoms with Crippen molar-refractivity contribution in [2.24, 2.45) is 0 Å². The molecule has 4 amide bonds. The molecule has 4 rings (SSSR count). The molecule has 0 radical (unpaired) electrons. The second kappa shape index (κ2) is 11.5. The predicted octanol–water partition coefficient (Wildman–Crippen LogP) is 1.37. The second-order valence-corrected chi connectivity index (χ2v) is 9.51. The zero-order valence-electron chi connectivity index (χ0n) is 22.2. The van der Waals surface area contributed by atoms with Gasteiger partial charge in [0.25, 0.3) is 5.91 Å². The van der Waals surface area contributed by atoms with E-state index in [1.807, 2.05) is 30.3 Å². The third-order valence-electron chi connectivity index (χ3n) is 7.28. The van der Waals surface area contributed by atoms with Gasteiger partial charge in [-0.3, -0.25) is 9.59 Å². The number of anilines is 1. The van der Waals surface area contributed by atoms with Crippen LogP contribution < -0.4 is 25.0 Å². The van der Waals surface area contributed by atoms with Crippen molar-refractivity contribution in [1.29, 1.82) is 0 Å². The fourth-order valence-electron chi connectivity index (χ4n) is 5.19. The number of carbonyl (C=O) groups is 4. The molecule has 0 saturated carbocycles. The van der Waals surface area contributed by atoms with E-state index >= 15 is 0 Å². The van der Waals surface area contributed by atoms with E-state index in [-0.39, 0.29) is 29.5 Å². The minimum absolute atomic E-state index is 0.0202. The van der Waals surface area contributed by atoms with Gasteiger partial charge in [-0.15, -0.1) is 0 Å². The quantitative estimate of drug-likeness (QED) is 0.457. The molecule has 1 atom stereocenters. The van der Waals surface area contributed by atoms with Gasteiger partial charge in [0.1, 0.15) is 28.6 Å². The molecule has 1 unspecified atom stereocenters. The first-order valence-corrected chi connectivity index (χ1v) is 12.6. The number of amides is 4. The molecule has 0 bridgehead atoms. The second-order valence-electron chi connectivity index (χ2n) is 9.51. The van der Waals surface area contributed by atoms with E-state index in [1.54, 1.807) is 35.0 Å². The molecule has 12 nitrogen and oxygen atoms in total. The minimum atomic E-state index is -1.40. The van der Waals surface area contributed by atoms with E-state index in [0.717, 1.165) is 5.69 Å². The maximum Gasteiger partial charge on any atom is 0.328 e. The van der Waals surface area contributed by atoms with Crippen molar-refractivity contribution >= 4 is 29.5 Å². The highest BCUT2D eigenvalue weighted by molar-refractivity contribution is 6.01. The summed E-state index contributed by atoms with van der Waals surface area (Å²) in [5.41, 5.74) is 0.258. The fourth-order valence-corrected chi connectivity index (χ4v) is 5.19. The summed E-state index contributed by atoms with van der Waals surface area (Å²) in [6.07, 6.45) is 0.871. The van der Waals surface area contributed by atoms with Gasteiger partial charge in [0.05, 0.1) is 27.4 Å². The van der Waals surface area contributed by atoms with Crippen molar-refractivity contribution in [3.8, 4) is 11.5 Å². The van der Waals surface area contributed by atoms with Crippen LogP contribution in [0.15, 0.2) is 48.5 Å². The Labute approximate surface area is 226 Å². The molecule has 1 spiro atoms. The number of para-hydroxylation sites is 1. The van der Waals surface area contributed by atoms with Gasteiger partial charge in [-0.2, -0.15) is 0 Å². The van der Waals surface area contributed by atoms with E-state index in [0.29, 0.717) is 32.6 Å². The lowest BCUT2D eigenvalue weighted by Gasteiger charge is -2.43. The number of aliphatic carboxylic acids is 1. The topological polar surface area (TPSA) is 141 Å². The number of methoxy groups -OCH3 is 2. The molecule has 39 heavy (non-hydrogen) atoms. The molecule has 208 valence electrons. The summed E-state index contributed by atoms with van der Waals surface area (Å²) in [4.78, 5) is 56.3. The van der Waals surface area contributed by atoms with Crippen LogP contribution in [0.1, 0.15) is 23.2 Å². The summed E-state index contributed by atoms with van der Waals surface area (Å²) in [6, 6.07) is 12.6. The van der Waals surface area contributed by atoms with Gasteiger partial charge in [-0.25, -0.2) is 9.59 Å². The van der Waals surface area contributed by atoms with Gasteiger partial charge in [-0.05, 0) is 37.1 Å². The van der Waals surface area contributed by atoms with Gasteiger partial charge in [0.15, 0.2) is 0 Å². The molecule has 2 fully saturated rings. The fraction of sp³-hybridized carbons (Fsp3) is 0.407. The largest absolute Gasteiger partial charge is 0.496 e. The lowest BCUT2D eigenvalue weighted by molar-refractivity contribution is -0.139. The molecule has 0 aliphatic carbocycles. The highest BCUT2D eigenvalue weighted by Gasteiger charge is 2.53. The van der Waals surface area contributed by atoms with Crippen molar-refractivity contribution in [2.75, 3.05) is 52.5 Å². The number of benzene rings is 2. The van der Waals surface area contributed by atoms with Crippen molar-refractivity contribution in [1.82, 2.24) is 20.4 Å². The average Bonchev–Trinajstić information content (AvgIpc) is 3.19. The lowest BCUT2D eigenvalue weighted by atomic mass is 9.85. The number of urea groups is 1. The van der Waals surface area contributed by atoms with E-state index < -0.39 is 29.5 Å². The number of likely N-dealkylation sites (tertiary alicyclic amines) is 1. The highest BCUT2D eigenvalue weighted by Crippen LogP contribution is 2.39. The van der Waals surface area contributed by atoms with Crippen molar-refractivity contribution < 1.29 is 33.8 Å². The number of hydrogen-bond donors (Lipinski definition) is 3. The van der Waals surface area contributed by atoms with Crippen LogP contribution >= 0.6 is 0 Å². The summed E-state index contributed by atoms with van der Waals surface area (Å²) in [6.45, 7) is 0.761. The zero-order chi connectivity index (χ0) is 28.2. The van der Waals surface area contributed by atoms with Crippen LogP contribution in [-0.4, -0.2) is 97.9 Å². The molecule has 0 aromatic heterocycles. The number of carboxylic acids is 1. The van der Waals surface area contributed by atoms with E-state index in [4.69, 9.17) is 9.47 Å². The van der Waals surface area contributed by atoms with Crippen LogP contribution in [0.2, 0.25) is 0 Å². The molecule has 2 aromatic rings. The van der Waals surface area contributed by atoms with Crippen LogP contribution in [0.5, 0.6) is 11.5 Å². The number of rotatable bonds is 8. The Morgan fingerprint density at radius 3 is 2.18 bits per heavy atom. The number of carboxylic acid groups (broad SMARTS) is 1. The van der Waals surface area contributed by atoms with Gasteiger partial charge in [0.2, 0.25) is 5.91 Å². The maximum atomic E-state index is 13.2. The van der Waals surface area contributed by atoms with Gasteiger partial charge in [0, 0.05) is 25.8 Å². The first-order valence-electron chi connectivity index (χ1n) is 12.6. The number of nitrogens with zero attached hydrogens (tertiary/aromatic N) is 3. The first kappa shape index (κ1) is 27.6. The number of hydrogen-bond acceptors (Lipinski definition) is 7. The van der Waals surface area contributed by atoms with Crippen LogP contribution in [0.25, 0.3) is 0 Å². The Bertz CT molecular complexity index is 1210.